The maximum absolute atomic E-state index is 15.5. The lowest BCUT2D eigenvalue weighted by atomic mass is 9.76. The number of nitrogens with two attached hydrogens (primary N) is 2. The molecule has 18 N–H and O–H groups in total. The minimum Gasteiger partial charge on any atom is -0.508 e. The number of benzene rings is 4. The Hall–Kier alpha value is -10.8. The van der Waals surface area contributed by atoms with Gasteiger partial charge in [-0.15, -0.1) is 0 Å². The predicted molar refractivity (Wildman–Crippen MR) is 425 cm³/mol. The van der Waals surface area contributed by atoms with Gasteiger partial charge >= 0.3 is 5.97 Å². The summed E-state index contributed by atoms with van der Waals surface area (Å²) in [5.41, 5.74) is 8.45. The number of fused-ring (bicyclic) bond motifs is 1. The van der Waals surface area contributed by atoms with Crippen LogP contribution in [0.15, 0.2) is 103 Å². The van der Waals surface area contributed by atoms with E-state index in [1.54, 1.807) is 45.9 Å². The second kappa shape index (κ2) is 43.4. The number of ketones is 1. The molecule has 12 amide bonds. The molecule has 622 valence electrons. The number of unbranched alkanes of at least 4 members (excludes halogenated alkanes) is 1. The third-order valence-electron chi connectivity index (χ3n) is 20.9. The van der Waals surface area contributed by atoms with Crippen molar-refractivity contribution in [1.29, 1.82) is 0 Å². The second-order valence-corrected chi connectivity index (χ2v) is 31.5. The van der Waals surface area contributed by atoms with Crippen molar-refractivity contribution < 1.29 is 87.5 Å². The van der Waals surface area contributed by atoms with Crippen LogP contribution in [0.25, 0.3) is 10.8 Å². The van der Waals surface area contributed by atoms with E-state index in [0.717, 1.165) is 5.39 Å². The number of nitrogens with zero attached hydrogens (tertiary/aromatic N) is 1. The summed E-state index contributed by atoms with van der Waals surface area (Å²) in [7, 11) is 0. The number of phenolic OH excluding ortho intramolecular Hbond substituents is 2. The Morgan fingerprint density at radius 3 is 1.89 bits per heavy atom. The van der Waals surface area contributed by atoms with Gasteiger partial charge in [0.05, 0.1) is 12.1 Å². The number of carboxylic acids is 1. The van der Waals surface area contributed by atoms with Crippen molar-refractivity contribution in [3.63, 3.8) is 0 Å². The maximum Gasteiger partial charge on any atom is 0.303 e. The molecule has 31 heteroatoms. The first-order valence-corrected chi connectivity index (χ1v) is 39.3. The summed E-state index contributed by atoms with van der Waals surface area (Å²) in [4.78, 5) is 200. The fourth-order valence-electron chi connectivity index (χ4n) is 14.1. The van der Waals surface area contributed by atoms with Crippen molar-refractivity contribution in [2.45, 2.75) is 262 Å². The van der Waals surface area contributed by atoms with Crippen LogP contribution in [0, 0.1) is 11.3 Å². The molecule has 31 nitrogen and oxygen atoms in total. The molecule has 0 unspecified atom stereocenters. The number of primary amides is 1. The number of carbonyl (C=O) groups is 14. The third kappa shape index (κ3) is 27.8. The minimum absolute atomic E-state index is 0.0150. The zero-order valence-electron chi connectivity index (χ0n) is 66.8. The summed E-state index contributed by atoms with van der Waals surface area (Å²) >= 11 is 0. The molecule has 1 saturated heterocycles. The number of amides is 12. The van der Waals surface area contributed by atoms with Crippen LogP contribution < -0.4 is 64.6 Å². The van der Waals surface area contributed by atoms with Gasteiger partial charge in [0.25, 0.3) is 0 Å². The average Bonchev–Trinajstić information content (AvgIpc) is 1.36. The number of rotatable bonds is 33. The summed E-state index contributed by atoms with van der Waals surface area (Å²) in [6.45, 7) is 14.0. The van der Waals surface area contributed by atoms with Gasteiger partial charge in [0.1, 0.15) is 70.9 Å². The molecule has 2 heterocycles. The fourth-order valence-corrected chi connectivity index (χ4v) is 14.1. The third-order valence-corrected chi connectivity index (χ3v) is 20.9. The van der Waals surface area contributed by atoms with Crippen LogP contribution >= 0.6 is 0 Å². The zero-order valence-corrected chi connectivity index (χ0v) is 66.8. The van der Waals surface area contributed by atoms with E-state index in [9.17, 15) is 68.4 Å². The number of likely N-dealkylation sites (tertiary alicyclic amines) is 1. The van der Waals surface area contributed by atoms with Gasteiger partial charge in [-0.25, -0.2) is 0 Å². The van der Waals surface area contributed by atoms with Gasteiger partial charge in [0, 0.05) is 51.5 Å². The monoisotopic (exact) mass is 1580 g/mol. The summed E-state index contributed by atoms with van der Waals surface area (Å²) in [6.07, 6.45) is 3.80. The number of aliphatic hydroxyl groups is 1. The summed E-state index contributed by atoms with van der Waals surface area (Å²) < 4.78 is 0. The molecule has 114 heavy (non-hydrogen) atoms. The molecule has 0 aliphatic carbocycles. The lowest BCUT2D eigenvalue weighted by molar-refractivity contribution is -0.144. The molecule has 2 aliphatic heterocycles. The van der Waals surface area contributed by atoms with E-state index in [2.05, 4.69) is 53.2 Å². The maximum atomic E-state index is 15.5. The van der Waals surface area contributed by atoms with Gasteiger partial charge < -0.3 is 90.0 Å². The Balaban J connectivity index is 1.32. The lowest BCUT2D eigenvalue weighted by Crippen LogP contribution is -2.65. The SMILES string of the molecule is CCC[C@@H]1NC(=O)[C@H](Cc2ccc(O)cc2)NC(=O)[C@H](C)NC(=O)[C@@](C)(NC(=O)[C@H](Cc2cccc3ccccc23)NC(=O)[C@@H](NC(=O)[C@@H]2CCCN2C(=O)[C@H](Cc2ccc(O)cc2)NC(=O)[C@@H](CC(=O)[C@H](CCCC(=O)O)NC(C)=O)C(C)(C)C)[C@@H](C)O)CCC/C=C\CCC[C@@](C)(C(=O)N[C@@H](CCCCN)C(N)=O)NC1=O. The number of nitrogens with one attached hydrogen (secondary N) is 10. The molecule has 4 aromatic carbocycles. The Morgan fingerprint density at radius 1 is 0.667 bits per heavy atom. The highest BCUT2D eigenvalue weighted by molar-refractivity contribution is 6.01. The number of phenols is 2. The number of Topliss-reactive ketones (excluding diaryl/α,β-unsaturated/α-hetero) is 1. The number of aliphatic carboxylic acids is 1. The first-order chi connectivity index (χ1) is 53.9. The minimum atomic E-state index is -1.91. The molecule has 2 aliphatic rings. The molecule has 4 aromatic rings. The van der Waals surface area contributed by atoms with Crippen molar-refractivity contribution in [2.24, 2.45) is 22.8 Å². The van der Waals surface area contributed by atoms with Gasteiger partial charge in [-0.1, -0.05) is 113 Å². The predicted octanol–water partition coefficient (Wildman–Crippen LogP) is 3.52. The highest BCUT2D eigenvalue weighted by Crippen LogP contribution is 2.32. The molecule has 0 aromatic heterocycles. The van der Waals surface area contributed by atoms with E-state index >= 15 is 19.2 Å². The van der Waals surface area contributed by atoms with Crippen LogP contribution in [0.4, 0.5) is 0 Å². The number of carbonyl (C=O) groups excluding carboxylic acids is 13. The summed E-state index contributed by atoms with van der Waals surface area (Å²) in [6, 6.07) is 11.7. The van der Waals surface area contributed by atoms with Crippen LogP contribution in [-0.2, 0) is 86.4 Å². The zero-order chi connectivity index (χ0) is 84.2. The number of allylic oxidation sites excluding steroid dienone is 2. The average molecular weight is 1580 g/mol. The van der Waals surface area contributed by atoms with E-state index in [1.807, 2.05) is 36.4 Å². The number of aromatic hydroxyl groups is 2. The quantitative estimate of drug-likeness (QED) is 0.0240. The van der Waals surface area contributed by atoms with E-state index in [0.29, 0.717) is 67.1 Å². The molecule has 0 spiro atoms. The van der Waals surface area contributed by atoms with E-state index < -0.39 is 172 Å². The van der Waals surface area contributed by atoms with Crippen LogP contribution in [0.3, 0.4) is 0 Å². The molecule has 13 atom stereocenters. The highest BCUT2D eigenvalue weighted by Gasteiger charge is 2.45. The van der Waals surface area contributed by atoms with Gasteiger partial charge in [-0.05, 0) is 181 Å². The van der Waals surface area contributed by atoms with Gasteiger partial charge in [-0.3, -0.25) is 67.1 Å². The Bertz CT molecular complexity index is 4070. The van der Waals surface area contributed by atoms with Crippen LogP contribution in [-0.4, -0.2) is 193 Å². The summed E-state index contributed by atoms with van der Waals surface area (Å²) in [5.74, 6) is -12.6. The lowest BCUT2D eigenvalue weighted by Gasteiger charge is -2.34. The van der Waals surface area contributed by atoms with Gasteiger partial charge in [0.2, 0.25) is 70.9 Å². The van der Waals surface area contributed by atoms with Crippen LogP contribution in [0.5, 0.6) is 11.5 Å². The van der Waals surface area contributed by atoms with Gasteiger partial charge in [0.15, 0.2) is 5.78 Å². The Kier molecular flexibility index (Phi) is 35.1. The molecule has 6 rings (SSSR count). The van der Waals surface area contributed by atoms with E-state index in [1.165, 1.54) is 88.0 Å². The molecular formula is C83H117N13O18. The van der Waals surface area contributed by atoms with E-state index in [-0.39, 0.29) is 102 Å². The fraction of sp³-hybridized carbons (Fsp3) is 0.542. The largest absolute Gasteiger partial charge is 0.508 e. The van der Waals surface area contributed by atoms with Crippen molar-refractivity contribution in [1.82, 2.24) is 58.1 Å². The molecule has 1 fully saturated rings. The van der Waals surface area contributed by atoms with Crippen molar-refractivity contribution in [3.8, 4) is 11.5 Å². The highest BCUT2D eigenvalue weighted by atomic mass is 16.4. The Labute approximate surface area is 665 Å². The Morgan fingerprint density at radius 2 is 1.28 bits per heavy atom. The molecule has 0 radical (unpaired) electrons. The smallest absolute Gasteiger partial charge is 0.303 e. The van der Waals surface area contributed by atoms with Crippen molar-refractivity contribution in [3.05, 3.63) is 120 Å². The topological polar surface area (TPSA) is 495 Å². The van der Waals surface area contributed by atoms with Crippen molar-refractivity contribution >= 4 is 93.4 Å². The van der Waals surface area contributed by atoms with Crippen LogP contribution in [0.1, 0.15) is 188 Å². The van der Waals surface area contributed by atoms with Gasteiger partial charge in [-0.2, -0.15) is 0 Å². The number of hydrogen-bond acceptors (Lipinski definition) is 18. The van der Waals surface area contributed by atoms with Crippen molar-refractivity contribution in [2.75, 3.05) is 13.1 Å². The molecular weight excluding hydrogens is 1470 g/mol. The van der Waals surface area contributed by atoms with Crippen LogP contribution in [0.2, 0.25) is 0 Å². The first-order valence-electron chi connectivity index (χ1n) is 39.3. The standard InChI is InChI=1S/C83H117N13O18/c1-10-24-62-74(108)94-83(9,80(114)92-61(70(85)104)29-17-20-43-84)42-19-14-12-11-13-18-41-82(8,79(113)86-49(2)71(105)89-63(73(107)88-62)45-52-33-37-56(99)38-34-52)95-75(109)64(47-55-27-21-26-54-25-15-16-28-58(54)55)90-77(111)69(50(3)97)93-76(110)66-31-23-44-96(66)78(112)65(46-53-35-39-57(100)40-36-53)91-72(106)59(81(5,6)7)48-67(101)60(87-51(4)98)30-22-32-68(102)103/h11-12,15-16,21,25-28,33-40,49-50,59-66,69,97,99-100H,10,13-14,17-20,22-24,29-32,41-48,84H2,1-9H3,(H2,85,104)(H,86,113)(H,87,98)(H,88,107)(H,89,105)(H,90,111)(H,91,106)(H,92,114)(H,93,110)(H,94,108)(H,95,109)(H,102,103)/b12-11-/t49-,50+,59+,60-,61-,62-,63-,64-,65-,66-,69-,82-,83-/m0/s1. The second-order valence-electron chi connectivity index (χ2n) is 31.5. The van der Waals surface area contributed by atoms with E-state index in [4.69, 9.17) is 11.5 Å². The molecule has 0 bridgehead atoms. The normalized spacial score (nSPS) is 21.6. The number of aliphatic hydroxyl groups excluding tert-OH is 1. The number of hydrogen-bond donors (Lipinski definition) is 16. The molecule has 0 saturated carbocycles. The summed E-state index contributed by atoms with van der Waals surface area (Å²) in [5, 5.41) is 70.0. The first kappa shape index (κ1) is 92.1. The number of carboxylic acid groups (broad SMARTS) is 1.